The number of aliphatic hydroxyl groups is 1. The smallest absolute Gasteiger partial charge is 0.312 e. The van der Waals surface area contributed by atoms with E-state index in [9.17, 15) is 19.5 Å². The van der Waals surface area contributed by atoms with Crippen LogP contribution in [0.3, 0.4) is 0 Å². The average Bonchev–Trinajstić information content (AvgIpc) is 3.39. The minimum Gasteiger partial charge on any atom is -0.462 e. The molecule has 2 N–H and O–H groups in total. The van der Waals surface area contributed by atoms with Crippen molar-refractivity contribution >= 4 is 29.3 Å². The Balaban J connectivity index is 1.22. The van der Waals surface area contributed by atoms with Crippen LogP contribution in [0.1, 0.15) is 153 Å². The topological polar surface area (TPSA) is 102 Å². The fourth-order valence-electron chi connectivity index (χ4n) is 13.5. The van der Waals surface area contributed by atoms with Crippen molar-refractivity contribution in [2.45, 2.75) is 172 Å². The number of benzene rings is 1. The SMILES string of the molecule is CC(C)C1=C2[C@H]3CC[C@@H]4[C@@]5(C)CC[C@H](OC(=O)CC(C)(C)C(=O)OC(C)(C)C)C(C)(C)[C@@H]5CC[C@@]4(C)[C@]3(C)CCC2(C(O)CNCc2ccc(Cl)cc2)CC1=O. The molecule has 8 heteroatoms. The molecule has 0 saturated heterocycles. The molecular formula is C48H72ClNO6. The van der Waals surface area contributed by atoms with Crippen molar-refractivity contribution in [3.05, 3.63) is 46.0 Å². The van der Waals surface area contributed by atoms with Gasteiger partial charge in [-0.1, -0.05) is 77.8 Å². The van der Waals surface area contributed by atoms with Gasteiger partial charge in [-0.2, -0.15) is 0 Å². The fraction of sp³-hybridized carbons (Fsp3) is 0.771. The molecule has 0 aliphatic heterocycles. The van der Waals surface area contributed by atoms with Gasteiger partial charge in [0.2, 0.25) is 0 Å². The third-order valence-electron chi connectivity index (χ3n) is 16.5. The zero-order chi connectivity index (χ0) is 41.4. The number of carbonyl (C=O) groups is 3. The van der Waals surface area contributed by atoms with Gasteiger partial charge in [0.15, 0.2) is 5.78 Å². The average molecular weight is 795 g/mol. The highest BCUT2D eigenvalue weighted by Crippen LogP contribution is 2.77. The fourth-order valence-corrected chi connectivity index (χ4v) is 13.6. The molecule has 4 saturated carbocycles. The zero-order valence-corrected chi connectivity index (χ0v) is 37.4. The van der Waals surface area contributed by atoms with Crippen LogP contribution in [0, 0.1) is 56.2 Å². The summed E-state index contributed by atoms with van der Waals surface area (Å²) in [6.07, 6.45) is 7.45. The first-order valence-corrected chi connectivity index (χ1v) is 22.0. The van der Waals surface area contributed by atoms with Gasteiger partial charge in [0.25, 0.3) is 0 Å². The number of rotatable bonds is 10. The van der Waals surface area contributed by atoms with E-state index in [1.54, 1.807) is 13.8 Å². The summed E-state index contributed by atoms with van der Waals surface area (Å²) in [5.74, 6) is 0.776. The molecule has 4 fully saturated rings. The summed E-state index contributed by atoms with van der Waals surface area (Å²) in [6, 6.07) is 7.81. The van der Waals surface area contributed by atoms with Crippen molar-refractivity contribution in [2.75, 3.05) is 6.54 Å². The highest BCUT2D eigenvalue weighted by atomic mass is 35.5. The molecule has 312 valence electrons. The summed E-state index contributed by atoms with van der Waals surface area (Å²) in [5, 5.41) is 16.4. The van der Waals surface area contributed by atoms with Crippen LogP contribution in [-0.4, -0.2) is 47.2 Å². The van der Waals surface area contributed by atoms with Crippen LogP contribution >= 0.6 is 11.6 Å². The van der Waals surface area contributed by atoms with Crippen LogP contribution < -0.4 is 5.32 Å². The first-order chi connectivity index (χ1) is 25.8. The molecular weight excluding hydrogens is 722 g/mol. The van der Waals surface area contributed by atoms with E-state index in [0.717, 1.165) is 62.5 Å². The van der Waals surface area contributed by atoms with E-state index in [2.05, 4.69) is 53.8 Å². The van der Waals surface area contributed by atoms with Gasteiger partial charge in [0, 0.05) is 35.4 Å². The summed E-state index contributed by atoms with van der Waals surface area (Å²) in [7, 11) is 0. The Kier molecular flexibility index (Phi) is 11.5. The number of ketones is 1. The summed E-state index contributed by atoms with van der Waals surface area (Å²) >= 11 is 6.12. The van der Waals surface area contributed by atoms with E-state index < -0.39 is 22.5 Å². The maximum absolute atomic E-state index is 14.1. The molecule has 1 aromatic rings. The zero-order valence-electron chi connectivity index (χ0n) is 36.6. The number of allylic oxidation sites excluding steroid dienone is 1. The molecule has 0 aromatic heterocycles. The van der Waals surface area contributed by atoms with Crippen molar-refractivity contribution < 1.29 is 29.0 Å². The molecule has 0 radical (unpaired) electrons. The second kappa shape index (κ2) is 14.8. The second-order valence-corrected chi connectivity index (χ2v) is 22.5. The molecule has 0 amide bonds. The van der Waals surface area contributed by atoms with Gasteiger partial charge in [-0.3, -0.25) is 14.4 Å². The lowest BCUT2D eigenvalue weighted by atomic mass is 9.33. The van der Waals surface area contributed by atoms with Gasteiger partial charge in [0.05, 0.1) is 17.9 Å². The van der Waals surface area contributed by atoms with E-state index in [-0.39, 0.29) is 63.7 Å². The number of fused-ring (bicyclic) bond motifs is 7. The minimum absolute atomic E-state index is 0.00928. The number of esters is 2. The Morgan fingerprint density at radius 1 is 0.893 bits per heavy atom. The quantitative estimate of drug-likeness (QED) is 0.227. The van der Waals surface area contributed by atoms with Crippen LogP contribution in [0.4, 0.5) is 0 Å². The van der Waals surface area contributed by atoms with Gasteiger partial charge in [-0.15, -0.1) is 0 Å². The monoisotopic (exact) mass is 794 g/mol. The highest BCUT2D eigenvalue weighted by molar-refractivity contribution is 6.30. The normalized spacial score (nSPS) is 35.9. The summed E-state index contributed by atoms with van der Waals surface area (Å²) in [5.41, 5.74) is 1.17. The van der Waals surface area contributed by atoms with Crippen LogP contribution in [0.15, 0.2) is 35.4 Å². The lowest BCUT2D eigenvalue weighted by Crippen LogP contribution is -2.66. The predicted molar refractivity (Wildman–Crippen MR) is 223 cm³/mol. The van der Waals surface area contributed by atoms with Gasteiger partial charge in [0.1, 0.15) is 11.7 Å². The largest absolute Gasteiger partial charge is 0.462 e. The van der Waals surface area contributed by atoms with E-state index in [0.29, 0.717) is 36.4 Å². The van der Waals surface area contributed by atoms with Crippen LogP contribution in [0.2, 0.25) is 5.02 Å². The van der Waals surface area contributed by atoms with E-state index in [4.69, 9.17) is 21.1 Å². The highest BCUT2D eigenvalue weighted by Gasteiger charge is 2.70. The Bertz CT molecular complexity index is 1720. The number of aliphatic hydroxyl groups excluding tert-OH is 1. The Labute approximate surface area is 342 Å². The molecule has 2 unspecified atom stereocenters. The molecule has 0 bridgehead atoms. The number of carbonyl (C=O) groups excluding carboxylic acids is 3. The summed E-state index contributed by atoms with van der Waals surface area (Å²) in [4.78, 5) is 40.6. The first kappa shape index (κ1) is 43.4. The predicted octanol–water partition coefficient (Wildman–Crippen LogP) is 10.4. The number of ether oxygens (including phenoxy) is 2. The van der Waals surface area contributed by atoms with Gasteiger partial charge in [-0.25, -0.2) is 0 Å². The molecule has 7 nitrogen and oxygen atoms in total. The minimum atomic E-state index is -0.977. The maximum Gasteiger partial charge on any atom is 0.312 e. The summed E-state index contributed by atoms with van der Waals surface area (Å²) < 4.78 is 12.0. The van der Waals surface area contributed by atoms with Crippen molar-refractivity contribution in [2.24, 2.45) is 56.2 Å². The molecule has 9 atom stereocenters. The Morgan fingerprint density at radius 3 is 2.18 bits per heavy atom. The van der Waals surface area contributed by atoms with E-state index >= 15 is 0 Å². The molecule has 5 aliphatic carbocycles. The van der Waals surface area contributed by atoms with Crippen molar-refractivity contribution in [1.82, 2.24) is 5.32 Å². The lowest BCUT2D eigenvalue weighted by molar-refractivity contribution is -0.235. The molecule has 56 heavy (non-hydrogen) atoms. The number of hydrogen-bond donors (Lipinski definition) is 2. The molecule has 6 rings (SSSR count). The van der Waals surface area contributed by atoms with Crippen molar-refractivity contribution in [3.8, 4) is 0 Å². The van der Waals surface area contributed by atoms with E-state index in [1.165, 1.54) is 5.57 Å². The lowest BCUT2D eigenvalue weighted by Gasteiger charge is -2.72. The Morgan fingerprint density at radius 2 is 1.55 bits per heavy atom. The molecule has 5 aliphatic rings. The van der Waals surface area contributed by atoms with Gasteiger partial charge in [-0.05, 0) is 149 Å². The van der Waals surface area contributed by atoms with E-state index in [1.807, 2.05) is 45.0 Å². The maximum atomic E-state index is 14.1. The molecule has 0 heterocycles. The van der Waals surface area contributed by atoms with Crippen LogP contribution in [0.25, 0.3) is 0 Å². The van der Waals surface area contributed by atoms with Gasteiger partial charge < -0.3 is 19.9 Å². The first-order valence-electron chi connectivity index (χ1n) is 21.7. The summed E-state index contributed by atoms with van der Waals surface area (Å²) in [6.45, 7) is 26.7. The third kappa shape index (κ3) is 7.24. The molecule has 1 aromatic carbocycles. The number of hydrogen-bond acceptors (Lipinski definition) is 7. The van der Waals surface area contributed by atoms with Gasteiger partial charge >= 0.3 is 11.9 Å². The van der Waals surface area contributed by atoms with Crippen molar-refractivity contribution in [1.29, 1.82) is 0 Å². The third-order valence-corrected chi connectivity index (χ3v) is 16.7. The van der Waals surface area contributed by atoms with Crippen LogP contribution in [-0.2, 0) is 30.4 Å². The standard InChI is InChI=1S/C48H72ClNO6/c1-29(2)39-33(51)25-48(36(52)28-50-27-30-13-15-31(49)16-14-30)24-23-46(11)32(40(39)48)17-18-35-45(10)21-20-37(44(8,9)34(45)19-22-47(35,46)12)55-38(53)26-43(6,7)41(54)56-42(3,4)5/h13-16,29,32,34-37,50,52H,17-28H2,1-12H3/t32-,34+,35-,36?,37+,45+,46-,47-,48?/m1/s1. The molecule has 0 spiro atoms. The number of nitrogens with one attached hydrogen (secondary N) is 1. The number of Topliss-reactive ketones (excluding diaryl/α,β-unsaturated/α-hetero) is 1. The van der Waals surface area contributed by atoms with Crippen molar-refractivity contribution in [3.63, 3.8) is 0 Å². The second-order valence-electron chi connectivity index (χ2n) is 22.0. The van der Waals surface area contributed by atoms with Crippen LogP contribution in [0.5, 0.6) is 0 Å². The number of halogens is 1. The Hall–Kier alpha value is -2.22.